The minimum atomic E-state index is -0.139. The molecule has 0 N–H and O–H groups in total. The van der Waals surface area contributed by atoms with Gasteiger partial charge >= 0.3 is 0 Å². The van der Waals surface area contributed by atoms with Crippen molar-refractivity contribution in [1.29, 1.82) is 0 Å². The lowest BCUT2D eigenvalue weighted by molar-refractivity contribution is 0.0988. The quantitative estimate of drug-likeness (QED) is 0.218. The van der Waals surface area contributed by atoms with Crippen molar-refractivity contribution in [2.45, 2.75) is 13.2 Å². The molecule has 0 bridgehead atoms. The van der Waals surface area contributed by atoms with Gasteiger partial charge in [0.2, 0.25) is 5.75 Å². The topological polar surface area (TPSA) is 57.2 Å². The SMILES string of the molecule is COc1ccc(CN2C(=O)c3c(OC)c(OCc4ccccc4)c(OC)c4c3c2cc2ccccc24)cc1. The summed E-state index contributed by atoms with van der Waals surface area (Å²) in [6, 6.07) is 27.8. The molecule has 0 unspecified atom stereocenters. The monoisotopic (exact) mass is 505 g/mol. The molecular weight excluding hydrogens is 478 g/mol. The maximum atomic E-state index is 14.1. The lowest BCUT2D eigenvalue weighted by atomic mass is 9.96. The van der Waals surface area contributed by atoms with Gasteiger partial charge in [-0.25, -0.2) is 0 Å². The van der Waals surface area contributed by atoms with Crippen LogP contribution < -0.4 is 23.8 Å². The highest BCUT2D eigenvalue weighted by Crippen LogP contribution is 2.55. The average molecular weight is 506 g/mol. The van der Waals surface area contributed by atoms with Crippen LogP contribution in [0, 0.1) is 0 Å². The van der Waals surface area contributed by atoms with Crippen LogP contribution in [0.25, 0.3) is 21.5 Å². The lowest BCUT2D eigenvalue weighted by Gasteiger charge is -2.19. The third-order valence-electron chi connectivity index (χ3n) is 7.03. The first-order valence-electron chi connectivity index (χ1n) is 12.4. The molecule has 1 heterocycles. The Kier molecular flexibility index (Phi) is 6.00. The molecule has 38 heavy (non-hydrogen) atoms. The van der Waals surface area contributed by atoms with Crippen LogP contribution >= 0.6 is 0 Å². The van der Waals surface area contributed by atoms with Gasteiger partial charge in [-0.3, -0.25) is 4.79 Å². The van der Waals surface area contributed by atoms with E-state index in [9.17, 15) is 4.79 Å². The first-order chi connectivity index (χ1) is 18.6. The molecule has 0 fully saturated rings. The van der Waals surface area contributed by atoms with Crippen molar-refractivity contribution in [3.05, 3.63) is 102 Å². The fourth-order valence-electron chi connectivity index (χ4n) is 5.25. The van der Waals surface area contributed by atoms with E-state index in [4.69, 9.17) is 18.9 Å². The summed E-state index contributed by atoms with van der Waals surface area (Å²) in [4.78, 5) is 15.9. The number of carbonyl (C=O) groups is 1. The molecule has 6 rings (SSSR count). The Hall–Kier alpha value is -4.71. The summed E-state index contributed by atoms with van der Waals surface area (Å²) in [6.07, 6.45) is 0. The van der Waals surface area contributed by atoms with Crippen LogP contribution in [0.3, 0.4) is 0 Å². The van der Waals surface area contributed by atoms with Crippen LogP contribution in [0.1, 0.15) is 21.5 Å². The van der Waals surface area contributed by atoms with E-state index in [0.29, 0.717) is 36.0 Å². The molecule has 0 atom stereocenters. The number of hydrogen-bond acceptors (Lipinski definition) is 5. The molecule has 6 heteroatoms. The van der Waals surface area contributed by atoms with Crippen molar-refractivity contribution in [2.75, 3.05) is 26.2 Å². The van der Waals surface area contributed by atoms with Crippen molar-refractivity contribution in [3.63, 3.8) is 0 Å². The van der Waals surface area contributed by atoms with Gasteiger partial charge in [0.25, 0.3) is 5.91 Å². The highest BCUT2D eigenvalue weighted by atomic mass is 16.5. The van der Waals surface area contributed by atoms with E-state index in [2.05, 4.69) is 6.07 Å². The number of nitrogens with zero attached hydrogens (tertiary/aromatic N) is 1. The normalized spacial score (nSPS) is 12.3. The number of anilines is 1. The maximum absolute atomic E-state index is 14.1. The van der Waals surface area contributed by atoms with Crippen molar-refractivity contribution in [3.8, 4) is 23.0 Å². The molecular formula is C32H27NO5. The molecule has 0 aliphatic carbocycles. The van der Waals surface area contributed by atoms with Crippen molar-refractivity contribution < 1.29 is 23.7 Å². The van der Waals surface area contributed by atoms with Crippen molar-refractivity contribution in [2.24, 2.45) is 0 Å². The van der Waals surface area contributed by atoms with E-state index < -0.39 is 0 Å². The molecule has 0 spiro atoms. The molecule has 0 saturated carbocycles. The lowest BCUT2D eigenvalue weighted by Crippen LogP contribution is -2.26. The molecule has 5 aromatic rings. The Labute approximate surface area is 220 Å². The van der Waals surface area contributed by atoms with Gasteiger partial charge in [-0.2, -0.15) is 0 Å². The first-order valence-corrected chi connectivity index (χ1v) is 12.4. The van der Waals surface area contributed by atoms with E-state index >= 15 is 0 Å². The number of fused-ring (bicyclic) bond motifs is 2. The van der Waals surface area contributed by atoms with Gasteiger partial charge < -0.3 is 23.8 Å². The standard InChI is InChI=1S/C32H27NO5/c1-35-23-15-13-20(14-16-23)18-33-25-17-22-11-7-8-12-24(22)26-27(25)28(32(33)34)30(37-3)31(29(26)36-2)38-19-21-9-5-4-6-10-21/h4-17H,18-19H2,1-3H3. The molecule has 190 valence electrons. The highest BCUT2D eigenvalue weighted by molar-refractivity contribution is 6.32. The summed E-state index contributed by atoms with van der Waals surface area (Å²) in [7, 11) is 4.82. The zero-order valence-electron chi connectivity index (χ0n) is 21.5. The fourth-order valence-corrected chi connectivity index (χ4v) is 5.25. The molecule has 0 saturated heterocycles. The van der Waals surface area contributed by atoms with E-state index in [1.54, 1.807) is 26.2 Å². The predicted octanol–water partition coefficient (Wildman–Crippen LogP) is 6.76. The van der Waals surface area contributed by atoms with Crippen LogP contribution in [0.5, 0.6) is 23.0 Å². The smallest absolute Gasteiger partial charge is 0.263 e. The summed E-state index contributed by atoms with van der Waals surface area (Å²) in [5.74, 6) is 1.98. The van der Waals surface area contributed by atoms with Crippen LogP contribution in [0.2, 0.25) is 0 Å². The summed E-state index contributed by atoms with van der Waals surface area (Å²) in [5.41, 5.74) is 3.29. The summed E-state index contributed by atoms with van der Waals surface area (Å²) in [5, 5.41) is 3.64. The number of benzene rings is 5. The Morgan fingerprint density at radius 3 is 2.11 bits per heavy atom. The second kappa shape index (κ2) is 9.63. The van der Waals surface area contributed by atoms with E-state index in [1.165, 1.54) is 0 Å². The Bertz CT molecular complexity index is 1660. The van der Waals surface area contributed by atoms with Gasteiger partial charge in [-0.15, -0.1) is 0 Å². The number of ether oxygens (including phenoxy) is 4. The van der Waals surface area contributed by atoms with Crippen LogP contribution in [-0.2, 0) is 13.2 Å². The zero-order valence-corrected chi connectivity index (χ0v) is 21.5. The molecule has 0 radical (unpaired) electrons. The van der Waals surface area contributed by atoms with Crippen LogP contribution in [0.15, 0.2) is 84.9 Å². The summed E-state index contributed by atoms with van der Waals surface area (Å²) in [6.45, 7) is 0.705. The number of rotatable bonds is 8. The molecule has 6 nitrogen and oxygen atoms in total. The third-order valence-corrected chi connectivity index (χ3v) is 7.03. The largest absolute Gasteiger partial charge is 0.497 e. The van der Waals surface area contributed by atoms with Gasteiger partial charge in [0.1, 0.15) is 12.4 Å². The van der Waals surface area contributed by atoms with Gasteiger partial charge in [0.15, 0.2) is 11.5 Å². The van der Waals surface area contributed by atoms with Crippen LogP contribution in [-0.4, -0.2) is 27.2 Å². The zero-order chi connectivity index (χ0) is 26.2. The number of hydrogen-bond donors (Lipinski definition) is 0. The van der Waals surface area contributed by atoms with Crippen LogP contribution in [0.4, 0.5) is 5.69 Å². The van der Waals surface area contributed by atoms with E-state index in [0.717, 1.165) is 44.1 Å². The Balaban J connectivity index is 1.57. The molecule has 1 aliphatic heterocycles. The van der Waals surface area contributed by atoms with Crippen molar-refractivity contribution in [1.82, 2.24) is 0 Å². The second-order valence-corrected chi connectivity index (χ2v) is 9.15. The van der Waals surface area contributed by atoms with Gasteiger partial charge in [0.05, 0.1) is 39.1 Å². The van der Waals surface area contributed by atoms with E-state index in [-0.39, 0.29) is 5.91 Å². The first kappa shape index (κ1) is 23.7. The van der Waals surface area contributed by atoms with Gasteiger partial charge in [-0.05, 0) is 40.1 Å². The van der Waals surface area contributed by atoms with Gasteiger partial charge in [0, 0.05) is 10.8 Å². The van der Waals surface area contributed by atoms with Crippen molar-refractivity contribution >= 4 is 33.1 Å². The molecule has 5 aromatic carbocycles. The van der Waals surface area contributed by atoms with Gasteiger partial charge in [-0.1, -0.05) is 66.7 Å². The van der Waals surface area contributed by atoms with E-state index in [1.807, 2.05) is 78.9 Å². The molecule has 1 amide bonds. The number of amides is 1. The fraction of sp³-hybridized carbons (Fsp3) is 0.156. The Morgan fingerprint density at radius 1 is 0.684 bits per heavy atom. The molecule has 1 aliphatic rings. The number of carbonyl (C=O) groups excluding carboxylic acids is 1. The summed E-state index contributed by atoms with van der Waals surface area (Å²) < 4.78 is 23.5. The summed E-state index contributed by atoms with van der Waals surface area (Å²) >= 11 is 0. The maximum Gasteiger partial charge on any atom is 0.263 e. The Morgan fingerprint density at radius 2 is 1.39 bits per heavy atom. The third kappa shape index (κ3) is 3.77. The predicted molar refractivity (Wildman–Crippen MR) is 149 cm³/mol. The second-order valence-electron chi connectivity index (χ2n) is 9.15. The highest BCUT2D eigenvalue weighted by Gasteiger charge is 2.38. The average Bonchev–Trinajstić information content (AvgIpc) is 3.23. The number of methoxy groups -OCH3 is 3. The minimum Gasteiger partial charge on any atom is -0.497 e. The minimum absolute atomic E-state index is 0.139. The molecule has 0 aromatic heterocycles.